The van der Waals surface area contributed by atoms with Crippen molar-refractivity contribution in [2.45, 2.75) is 223 Å². The molecule has 0 aliphatic carbocycles. The van der Waals surface area contributed by atoms with E-state index >= 15 is 0 Å². The van der Waals surface area contributed by atoms with Crippen LogP contribution in [0.25, 0.3) is 0 Å². The van der Waals surface area contributed by atoms with Crippen LogP contribution in [0, 0.1) is 0 Å². The highest BCUT2D eigenvalue weighted by atomic mass is 16.5. The van der Waals surface area contributed by atoms with Crippen molar-refractivity contribution in [3.05, 3.63) is 0 Å². The SMILES string of the molecule is CC(C)N1CC1.CC(C)N1CCC1.CC(C)N1CCCC1.CC(C)N1CCCCC1.CC(C)N1CCCCCC1.CC(C)N1CCN(C)CC1.CC(C)N1CCNCC1.CC(C)N1CCOCC1. The quantitative estimate of drug-likeness (QED) is 0.237. The Morgan fingerprint density at radius 2 is 0.471 bits per heavy atom. The van der Waals surface area contributed by atoms with Gasteiger partial charge in [0.25, 0.3) is 0 Å². The van der Waals surface area contributed by atoms with Gasteiger partial charge in [-0.15, -0.1) is 0 Å². The van der Waals surface area contributed by atoms with Gasteiger partial charge in [-0.1, -0.05) is 19.3 Å². The molecule has 0 amide bonds. The highest BCUT2D eigenvalue weighted by Gasteiger charge is 2.20. The Kier molecular flexibility index (Phi) is 38.6. The summed E-state index contributed by atoms with van der Waals surface area (Å²) in [5.74, 6) is 0. The van der Waals surface area contributed by atoms with E-state index in [9.17, 15) is 0 Å². The number of morpholine rings is 1. The molecular weight excluding hydrogens is 841 g/mol. The molecule has 68 heavy (non-hydrogen) atoms. The van der Waals surface area contributed by atoms with Crippen LogP contribution < -0.4 is 5.32 Å². The lowest BCUT2D eigenvalue weighted by atomic mass is 10.1. The minimum atomic E-state index is 0.689. The summed E-state index contributed by atoms with van der Waals surface area (Å²) in [6.07, 6.45) is 14.2. The number of likely N-dealkylation sites (tertiary alicyclic amines) is 4. The molecule has 8 heterocycles. The van der Waals surface area contributed by atoms with Gasteiger partial charge in [-0.2, -0.15) is 0 Å². The maximum absolute atomic E-state index is 5.21. The van der Waals surface area contributed by atoms with Gasteiger partial charge in [0.05, 0.1) is 13.2 Å². The van der Waals surface area contributed by atoms with Gasteiger partial charge in [0.2, 0.25) is 0 Å². The number of hydrogen-bond donors (Lipinski definition) is 1. The topological polar surface area (TPSA) is 50.2 Å². The van der Waals surface area contributed by atoms with Gasteiger partial charge in [-0.25, -0.2) is 0 Å². The monoisotopic (exact) mass is 965 g/mol. The maximum Gasteiger partial charge on any atom is 0.0594 e. The molecule has 0 atom stereocenters. The third-order valence-corrected chi connectivity index (χ3v) is 15.1. The standard InChI is InChI=1S/C9H19N.C8H18N2.C8H17N.C7H16N2.C7H15NO.C7H15N.C6H13N.C5H11N/c1-9(2)10-7-5-3-4-6-8-10;1-8(2)10-6-4-9(3)5-7-10;1-8(2)9-6-4-3-5-7-9;1-7(2)9-5-3-8-4-6-9;1-7(2)8-3-5-9-6-4-8;1-7(2)8-5-3-4-6-8;1-6(2)7-4-3-5-7;1-5(2)6-3-4-6/h9H,3-8H2,1-2H3;8H,4-7H2,1-3H3;8H,3-7H2,1-2H3;7-8H,3-6H2,1-2H3;7H,3-6H2,1-2H3;7H,3-6H2,1-2H3;6H,3-5H2,1-2H3;5H,3-4H2,1-2H3. The van der Waals surface area contributed by atoms with Crippen LogP contribution in [-0.2, 0) is 4.74 Å². The van der Waals surface area contributed by atoms with Crippen LogP contribution in [0.3, 0.4) is 0 Å². The zero-order valence-corrected chi connectivity index (χ0v) is 49.2. The Bertz CT molecular complexity index is 1020. The molecule has 0 bridgehead atoms. The largest absolute Gasteiger partial charge is 0.379 e. The molecule has 0 spiro atoms. The van der Waals surface area contributed by atoms with Crippen molar-refractivity contribution in [2.24, 2.45) is 0 Å². The molecule has 0 aromatic carbocycles. The van der Waals surface area contributed by atoms with E-state index in [1.165, 1.54) is 169 Å². The first-order valence-electron chi connectivity index (χ1n) is 29.2. The van der Waals surface area contributed by atoms with Gasteiger partial charge in [0.1, 0.15) is 0 Å². The van der Waals surface area contributed by atoms with E-state index in [1.807, 2.05) is 0 Å². The summed E-state index contributed by atoms with van der Waals surface area (Å²) in [6, 6.07) is 6.04. The van der Waals surface area contributed by atoms with Crippen molar-refractivity contribution in [1.29, 1.82) is 0 Å². The van der Waals surface area contributed by atoms with E-state index in [-0.39, 0.29) is 0 Å². The lowest BCUT2D eigenvalue weighted by Crippen LogP contribution is -2.47. The Morgan fingerprint density at radius 3 is 0.706 bits per heavy atom. The molecule has 8 saturated heterocycles. The van der Waals surface area contributed by atoms with Crippen LogP contribution in [0.5, 0.6) is 0 Å². The van der Waals surface area contributed by atoms with Crippen molar-refractivity contribution < 1.29 is 4.74 Å². The zero-order valence-electron chi connectivity index (χ0n) is 49.2. The second-order valence-electron chi connectivity index (χ2n) is 23.2. The third-order valence-electron chi connectivity index (χ3n) is 15.1. The summed E-state index contributed by atoms with van der Waals surface area (Å²) in [7, 11) is 2.19. The van der Waals surface area contributed by atoms with Crippen LogP contribution in [0.15, 0.2) is 0 Å². The average molecular weight is 966 g/mol. The first-order valence-corrected chi connectivity index (χ1v) is 29.2. The molecule has 11 heteroatoms. The molecule has 11 nitrogen and oxygen atoms in total. The molecule has 408 valence electrons. The Labute approximate surface area is 427 Å². The normalized spacial score (nSPS) is 23.1. The van der Waals surface area contributed by atoms with Gasteiger partial charge in [0.15, 0.2) is 0 Å². The third kappa shape index (κ3) is 33.3. The fraction of sp³-hybridized carbons (Fsp3) is 1.00. The predicted octanol–water partition coefficient (Wildman–Crippen LogP) is 9.12. The van der Waals surface area contributed by atoms with Crippen LogP contribution >= 0.6 is 0 Å². The zero-order chi connectivity index (χ0) is 50.9. The number of hydrogen-bond acceptors (Lipinski definition) is 11. The van der Waals surface area contributed by atoms with E-state index in [2.05, 4.69) is 167 Å². The molecule has 1 N–H and O–H groups in total. The van der Waals surface area contributed by atoms with Crippen LogP contribution in [0.1, 0.15) is 175 Å². The minimum Gasteiger partial charge on any atom is -0.379 e. The van der Waals surface area contributed by atoms with Crippen molar-refractivity contribution >= 4 is 0 Å². The number of nitrogens with zero attached hydrogens (tertiary/aromatic N) is 9. The van der Waals surface area contributed by atoms with Gasteiger partial charge >= 0.3 is 0 Å². The number of rotatable bonds is 8. The molecule has 0 unspecified atom stereocenters. The first kappa shape index (κ1) is 65.6. The van der Waals surface area contributed by atoms with Crippen LogP contribution in [-0.4, -0.2) is 244 Å². The highest BCUT2D eigenvalue weighted by Crippen LogP contribution is 2.14. The second kappa shape index (κ2) is 40.0. The Hall–Kier alpha value is -0.440. The number of likely N-dealkylation sites (N-methyl/N-ethyl adjacent to an activating group) is 1. The number of piperazine rings is 2. The van der Waals surface area contributed by atoms with E-state index in [4.69, 9.17) is 4.74 Å². The van der Waals surface area contributed by atoms with Gasteiger partial charge in [0, 0.05) is 127 Å². The molecular formula is C57H124N10O. The summed E-state index contributed by atoms with van der Waals surface area (Å²) in [4.78, 5) is 22.4. The molecule has 8 fully saturated rings. The summed E-state index contributed by atoms with van der Waals surface area (Å²) in [5.41, 5.74) is 0. The second-order valence-corrected chi connectivity index (χ2v) is 23.2. The molecule has 8 aliphatic heterocycles. The molecule has 0 aromatic heterocycles. The summed E-state index contributed by atoms with van der Waals surface area (Å²) in [5, 5.41) is 3.33. The molecule has 0 saturated carbocycles. The first-order chi connectivity index (χ1) is 32.3. The van der Waals surface area contributed by atoms with Gasteiger partial charge in [-0.3, -0.25) is 19.6 Å². The molecule has 8 rings (SSSR count). The molecule has 0 radical (unpaired) electrons. The number of nitrogens with one attached hydrogen (secondary N) is 1. The summed E-state index contributed by atoms with van der Waals surface area (Å²) >= 11 is 0. The molecule has 0 aromatic rings. The van der Waals surface area contributed by atoms with E-state index in [0.29, 0.717) is 6.04 Å². The fourth-order valence-electron chi connectivity index (χ4n) is 9.37. The fourth-order valence-corrected chi connectivity index (χ4v) is 9.37. The minimum absolute atomic E-state index is 0.689. The Morgan fingerprint density at radius 1 is 0.250 bits per heavy atom. The van der Waals surface area contributed by atoms with Gasteiger partial charge in [-0.05, 0) is 215 Å². The predicted molar refractivity (Wildman–Crippen MR) is 301 cm³/mol. The average Bonchev–Trinajstić information content (AvgIpc) is 4.08. The van der Waals surface area contributed by atoms with Crippen molar-refractivity contribution in [1.82, 2.24) is 49.4 Å². The van der Waals surface area contributed by atoms with Crippen LogP contribution in [0.2, 0.25) is 0 Å². The maximum atomic E-state index is 5.21. The number of piperidine rings is 1. The lowest BCUT2D eigenvalue weighted by Gasteiger charge is -2.34. The highest BCUT2D eigenvalue weighted by molar-refractivity contribution is 4.76. The van der Waals surface area contributed by atoms with Crippen molar-refractivity contribution in [2.75, 3.05) is 151 Å². The smallest absolute Gasteiger partial charge is 0.0594 e. The Balaban J connectivity index is 0.000000390. The lowest BCUT2D eigenvalue weighted by molar-refractivity contribution is 0.0238. The number of ether oxygens (including phenoxy) is 1. The van der Waals surface area contributed by atoms with E-state index in [0.717, 1.165) is 81.7 Å². The van der Waals surface area contributed by atoms with Crippen molar-refractivity contribution in [3.63, 3.8) is 0 Å². The van der Waals surface area contributed by atoms with E-state index in [1.54, 1.807) is 0 Å². The molecule has 8 aliphatic rings. The van der Waals surface area contributed by atoms with Crippen LogP contribution in [0.4, 0.5) is 0 Å². The summed E-state index contributed by atoms with van der Waals surface area (Å²) < 4.78 is 5.21. The summed E-state index contributed by atoms with van der Waals surface area (Å²) in [6.45, 7) is 63.2. The van der Waals surface area contributed by atoms with Gasteiger partial charge < -0.3 is 34.6 Å². The van der Waals surface area contributed by atoms with E-state index < -0.39 is 0 Å². The van der Waals surface area contributed by atoms with Crippen molar-refractivity contribution in [3.8, 4) is 0 Å².